The van der Waals surface area contributed by atoms with Crippen molar-refractivity contribution in [2.24, 2.45) is 5.41 Å². The number of hydrogen-bond donors (Lipinski definition) is 0. The minimum atomic E-state index is -1.47. The largest absolute Gasteiger partial charge is 0.361 e. The monoisotopic (exact) mass is 535 g/mol. The number of ether oxygens (including phenoxy) is 1. The predicted molar refractivity (Wildman–Crippen MR) is 160 cm³/mol. The van der Waals surface area contributed by atoms with Crippen LogP contribution in [0.15, 0.2) is 36.7 Å². The lowest BCUT2D eigenvalue weighted by Gasteiger charge is -2.34. The first-order chi connectivity index (χ1) is 17.4. The highest BCUT2D eigenvalue weighted by atomic mass is 28.3. The SMILES string of the molecule is CCC1(C(=O)c2cn(COCC[Si](C)(C)C)c3ncc(-c4cccc([Si](C)(C)C)c4)nc23)CCCCC1. The summed E-state index contributed by atoms with van der Waals surface area (Å²) in [5, 5.41) is 1.39. The molecule has 0 N–H and O–H groups in total. The maximum absolute atomic E-state index is 14.2. The second kappa shape index (κ2) is 10.9. The zero-order valence-corrected chi connectivity index (χ0v) is 26.0. The Morgan fingerprint density at radius 2 is 1.81 bits per heavy atom. The van der Waals surface area contributed by atoms with Gasteiger partial charge in [-0.25, -0.2) is 9.97 Å². The van der Waals surface area contributed by atoms with E-state index in [9.17, 15) is 4.79 Å². The summed E-state index contributed by atoms with van der Waals surface area (Å²) in [5.41, 5.74) is 3.77. The van der Waals surface area contributed by atoms with Crippen molar-refractivity contribution in [3.63, 3.8) is 0 Å². The quantitative estimate of drug-likeness (QED) is 0.153. The molecule has 3 aromatic rings. The fourth-order valence-electron chi connectivity index (χ4n) is 5.40. The predicted octanol–water partition coefficient (Wildman–Crippen LogP) is 7.50. The number of ketones is 1. The summed E-state index contributed by atoms with van der Waals surface area (Å²) in [6.07, 6.45) is 10.1. The van der Waals surface area contributed by atoms with Gasteiger partial charge in [-0.1, -0.05) is 94.9 Å². The molecule has 0 amide bonds. The minimum Gasteiger partial charge on any atom is -0.361 e. The lowest BCUT2D eigenvalue weighted by Crippen LogP contribution is -2.37. The molecule has 200 valence electrons. The summed E-state index contributed by atoms with van der Waals surface area (Å²) < 4.78 is 8.08. The van der Waals surface area contributed by atoms with Gasteiger partial charge in [0.25, 0.3) is 0 Å². The third kappa shape index (κ3) is 6.32. The van der Waals surface area contributed by atoms with Crippen LogP contribution in [0.1, 0.15) is 55.8 Å². The van der Waals surface area contributed by atoms with Crippen molar-refractivity contribution in [3.8, 4) is 11.3 Å². The number of carbonyl (C=O) groups excluding carboxylic acids is 1. The summed E-state index contributed by atoms with van der Waals surface area (Å²) >= 11 is 0. The van der Waals surface area contributed by atoms with Gasteiger partial charge in [0.05, 0.1) is 25.5 Å². The molecule has 1 aliphatic carbocycles. The molecular weight excluding hydrogens is 491 g/mol. The molecule has 1 fully saturated rings. The summed E-state index contributed by atoms with van der Waals surface area (Å²) in [6, 6.07) is 9.81. The number of hydrogen-bond acceptors (Lipinski definition) is 4. The Morgan fingerprint density at radius 3 is 2.46 bits per heavy atom. The number of aromatic nitrogens is 3. The first kappa shape index (κ1) is 27.9. The maximum atomic E-state index is 14.2. The lowest BCUT2D eigenvalue weighted by molar-refractivity contribution is 0.0701. The molecule has 7 heteroatoms. The van der Waals surface area contributed by atoms with E-state index in [-0.39, 0.29) is 11.2 Å². The lowest BCUT2D eigenvalue weighted by atomic mass is 9.68. The molecule has 2 heterocycles. The van der Waals surface area contributed by atoms with Crippen LogP contribution in [-0.4, -0.2) is 43.1 Å². The molecular formula is C30H45N3O2Si2. The van der Waals surface area contributed by atoms with Crippen molar-refractivity contribution >= 4 is 38.3 Å². The molecule has 1 saturated carbocycles. The van der Waals surface area contributed by atoms with Gasteiger partial charge in [0.15, 0.2) is 11.4 Å². The molecule has 0 bridgehead atoms. The van der Waals surface area contributed by atoms with E-state index in [0.717, 1.165) is 61.7 Å². The van der Waals surface area contributed by atoms with Crippen LogP contribution in [0.2, 0.25) is 45.3 Å². The molecule has 0 spiro atoms. The second-order valence-corrected chi connectivity index (χ2v) is 23.8. The van der Waals surface area contributed by atoms with Crippen molar-refractivity contribution in [2.75, 3.05) is 6.61 Å². The van der Waals surface area contributed by atoms with E-state index >= 15 is 0 Å². The van der Waals surface area contributed by atoms with Crippen molar-refractivity contribution < 1.29 is 9.53 Å². The highest BCUT2D eigenvalue weighted by molar-refractivity contribution is 6.88. The van der Waals surface area contributed by atoms with Gasteiger partial charge < -0.3 is 9.30 Å². The molecule has 2 aromatic heterocycles. The number of nitrogens with zero attached hydrogens (tertiary/aromatic N) is 3. The highest BCUT2D eigenvalue weighted by Gasteiger charge is 2.39. The van der Waals surface area contributed by atoms with Gasteiger partial charge in [-0.2, -0.15) is 0 Å². The topological polar surface area (TPSA) is 57.0 Å². The summed E-state index contributed by atoms with van der Waals surface area (Å²) in [4.78, 5) is 24.1. The molecule has 0 aliphatic heterocycles. The molecule has 37 heavy (non-hydrogen) atoms. The molecule has 4 rings (SSSR count). The standard InChI is InChI=1S/C30H45N3O2Si2/c1-8-30(15-10-9-11-16-30)28(34)25-21-33(22-35-17-18-36(2,3)4)29-27(25)32-26(20-31-29)23-13-12-14-24(19-23)37(5,6)7/h12-14,19-21H,8-11,15-18,22H2,1-7H3. The fourth-order valence-corrected chi connectivity index (χ4v) is 7.34. The van der Waals surface area contributed by atoms with Crippen molar-refractivity contribution in [1.82, 2.24) is 14.5 Å². The average molecular weight is 536 g/mol. The van der Waals surface area contributed by atoms with E-state index in [2.05, 4.69) is 70.5 Å². The van der Waals surface area contributed by atoms with Crippen LogP contribution >= 0.6 is 0 Å². The molecule has 0 radical (unpaired) electrons. The normalized spacial score (nSPS) is 16.3. The van der Waals surface area contributed by atoms with E-state index in [4.69, 9.17) is 14.7 Å². The molecule has 0 saturated heterocycles. The Kier molecular flexibility index (Phi) is 8.26. The summed E-state index contributed by atoms with van der Waals surface area (Å²) in [6.45, 7) is 17.4. The Hall–Kier alpha value is -2.10. The van der Waals surface area contributed by atoms with Crippen molar-refractivity contribution in [1.29, 1.82) is 0 Å². The van der Waals surface area contributed by atoms with Crippen LogP contribution < -0.4 is 5.19 Å². The van der Waals surface area contributed by atoms with Gasteiger partial charge in [-0.15, -0.1) is 0 Å². The second-order valence-electron chi connectivity index (χ2n) is 13.1. The van der Waals surface area contributed by atoms with E-state index in [0.29, 0.717) is 17.8 Å². The zero-order valence-electron chi connectivity index (χ0n) is 24.0. The number of benzene rings is 1. The molecule has 0 atom stereocenters. The fraction of sp³-hybridized carbons (Fsp3) is 0.567. The first-order valence-corrected chi connectivity index (χ1v) is 21.2. The Morgan fingerprint density at radius 1 is 1.08 bits per heavy atom. The van der Waals surface area contributed by atoms with Crippen LogP contribution in [0.25, 0.3) is 22.4 Å². The van der Waals surface area contributed by atoms with Gasteiger partial charge in [0.2, 0.25) is 0 Å². The first-order valence-electron chi connectivity index (χ1n) is 14.0. The van der Waals surface area contributed by atoms with Gasteiger partial charge in [-0.05, 0) is 25.3 Å². The van der Waals surface area contributed by atoms with E-state index in [1.807, 2.05) is 17.0 Å². The van der Waals surface area contributed by atoms with Gasteiger partial charge in [0.1, 0.15) is 12.2 Å². The Bertz CT molecular complexity index is 1250. The minimum absolute atomic E-state index is 0.239. The van der Waals surface area contributed by atoms with Crippen LogP contribution in [0.5, 0.6) is 0 Å². The van der Waals surface area contributed by atoms with Gasteiger partial charge in [-0.3, -0.25) is 4.79 Å². The third-order valence-corrected chi connectivity index (χ3v) is 11.8. The van der Waals surface area contributed by atoms with Crippen LogP contribution in [0, 0.1) is 5.41 Å². The number of rotatable bonds is 10. The third-order valence-electron chi connectivity index (χ3n) is 8.03. The zero-order chi connectivity index (χ0) is 26.8. The number of fused-ring (bicyclic) bond motifs is 1. The highest BCUT2D eigenvalue weighted by Crippen LogP contribution is 2.43. The summed E-state index contributed by atoms with van der Waals surface area (Å²) in [7, 11) is -2.64. The number of carbonyl (C=O) groups is 1. The van der Waals surface area contributed by atoms with E-state index in [1.165, 1.54) is 11.6 Å². The van der Waals surface area contributed by atoms with E-state index < -0.39 is 16.1 Å². The van der Waals surface area contributed by atoms with E-state index in [1.54, 1.807) is 0 Å². The van der Waals surface area contributed by atoms with Crippen molar-refractivity contribution in [2.45, 2.75) is 97.5 Å². The van der Waals surface area contributed by atoms with Crippen LogP contribution in [-0.2, 0) is 11.5 Å². The molecule has 1 aromatic carbocycles. The Balaban J connectivity index is 1.76. The average Bonchev–Trinajstić information content (AvgIpc) is 3.23. The molecule has 1 aliphatic rings. The van der Waals surface area contributed by atoms with Crippen LogP contribution in [0.3, 0.4) is 0 Å². The summed E-state index contributed by atoms with van der Waals surface area (Å²) in [5.74, 6) is 0.239. The number of Topliss-reactive ketones (excluding diaryl/α,β-unsaturated/α-hetero) is 1. The smallest absolute Gasteiger partial charge is 0.172 e. The Labute approximate surface area is 225 Å². The van der Waals surface area contributed by atoms with Gasteiger partial charge >= 0.3 is 0 Å². The van der Waals surface area contributed by atoms with Gasteiger partial charge in [0, 0.05) is 31.9 Å². The van der Waals surface area contributed by atoms with Crippen LogP contribution in [0.4, 0.5) is 0 Å². The maximum Gasteiger partial charge on any atom is 0.172 e. The molecule has 5 nitrogen and oxygen atoms in total. The van der Waals surface area contributed by atoms with Crippen molar-refractivity contribution in [3.05, 3.63) is 42.2 Å². The molecule has 0 unspecified atom stereocenters.